The average Bonchev–Trinajstić information content (AvgIpc) is 2.98. The average molecular weight is 567 g/mol. The van der Waals surface area contributed by atoms with Gasteiger partial charge in [-0.15, -0.1) is 0 Å². The number of carbonyl (C=O) groups excluding carboxylic acids is 1. The number of hydrogen-bond acceptors (Lipinski definition) is 7. The van der Waals surface area contributed by atoms with Crippen molar-refractivity contribution in [3.05, 3.63) is 77.4 Å². The van der Waals surface area contributed by atoms with E-state index in [1.165, 1.54) is 19.5 Å². The molecule has 2 N–H and O–H groups in total. The van der Waals surface area contributed by atoms with Crippen molar-refractivity contribution >= 4 is 22.6 Å². The molecule has 0 saturated carbocycles. The number of nitrogens with zero attached hydrogens (tertiary/aromatic N) is 3. The number of carbonyl (C=O) groups is 1. The molecule has 1 aliphatic rings. The molecule has 5 rings (SSSR count). The smallest absolute Gasteiger partial charge is 0.255 e. The lowest BCUT2D eigenvalue weighted by Crippen LogP contribution is -2.35. The van der Waals surface area contributed by atoms with Gasteiger partial charge in [-0.1, -0.05) is 25.1 Å². The summed E-state index contributed by atoms with van der Waals surface area (Å²) >= 11 is 0. The molecule has 11 heteroatoms. The van der Waals surface area contributed by atoms with E-state index in [4.69, 9.17) is 9.47 Å². The number of anilines is 1. The normalized spacial score (nSPS) is 14.3. The predicted octanol–water partition coefficient (Wildman–Crippen LogP) is 5.19. The van der Waals surface area contributed by atoms with Gasteiger partial charge in [0.25, 0.3) is 5.91 Å². The van der Waals surface area contributed by atoms with Crippen molar-refractivity contribution in [2.75, 3.05) is 38.3 Å². The highest BCUT2D eigenvalue weighted by Crippen LogP contribution is 2.41. The molecule has 4 aromatic rings. The van der Waals surface area contributed by atoms with E-state index in [1.807, 2.05) is 31.2 Å². The Morgan fingerprint density at radius 3 is 2.68 bits per heavy atom. The van der Waals surface area contributed by atoms with Crippen LogP contribution in [0.25, 0.3) is 22.2 Å². The highest BCUT2D eigenvalue weighted by Gasteiger charge is 2.29. The SMILES string of the molecule is CCCN(CCO)c1c(C(=O)NC2CCOc3ccccc32)cnc2c(-c3cc(F)cc(F)c3F)c(OC)cnc12. The predicted molar refractivity (Wildman–Crippen MR) is 148 cm³/mol. The second-order valence-corrected chi connectivity index (χ2v) is 9.58. The molecular formula is C30H29F3N4O4. The minimum absolute atomic E-state index is 0.0135. The molecule has 2 aromatic heterocycles. The van der Waals surface area contributed by atoms with Gasteiger partial charge in [0.15, 0.2) is 11.6 Å². The lowest BCUT2D eigenvalue weighted by atomic mass is 9.99. The molecule has 0 fully saturated rings. The molecule has 214 valence electrons. The maximum Gasteiger partial charge on any atom is 0.255 e. The molecule has 0 aliphatic carbocycles. The number of para-hydroxylation sites is 1. The van der Waals surface area contributed by atoms with Crippen LogP contribution in [0.3, 0.4) is 0 Å². The summed E-state index contributed by atoms with van der Waals surface area (Å²) in [7, 11) is 1.32. The van der Waals surface area contributed by atoms with Crippen molar-refractivity contribution in [3.8, 4) is 22.6 Å². The Morgan fingerprint density at radius 2 is 1.93 bits per heavy atom. The Bertz CT molecular complexity index is 1590. The van der Waals surface area contributed by atoms with Gasteiger partial charge < -0.3 is 24.8 Å². The van der Waals surface area contributed by atoms with E-state index in [0.29, 0.717) is 43.5 Å². The third kappa shape index (κ3) is 5.37. The first-order valence-electron chi connectivity index (χ1n) is 13.3. The van der Waals surface area contributed by atoms with E-state index >= 15 is 4.39 Å². The molecule has 3 heterocycles. The van der Waals surface area contributed by atoms with E-state index < -0.39 is 28.9 Å². The van der Waals surface area contributed by atoms with Gasteiger partial charge in [0.2, 0.25) is 0 Å². The van der Waals surface area contributed by atoms with Crippen LogP contribution in [-0.2, 0) is 0 Å². The fourth-order valence-electron chi connectivity index (χ4n) is 5.19. The summed E-state index contributed by atoms with van der Waals surface area (Å²) in [5.74, 6) is -3.32. The summed E-state index contributed by atoms with van der Waals surface area (Å²) in [6.45, 7) is 2.77. The van der Waals surface area contributed by atoms with Crippen molar-refractivity contribution < 1.29 is 32.5 Å². The highest BCUT2D eigenvalue weighted by molar-refractivity contribution is 6.09. The molecule has 1 atom stereocenters. The Morgan fingerprint density at radius 1 is 1.15 bits per heavy atom. The van der Waals surface area contributed by atoms with Crippen LogP contribution in [0.15, 0.2) is 48.8 Å². The maximum atomic E-state index is 15.0. The standard InChI is InChI=1S/C30H29F3N4O4/c1-3-9-37(10-11-38)29-20(30(39)36-22-8-12-41-23-7-5-4-6-18(22)23)15-34-27-25(24(40-2)16-35-28(27)29)19-13-17(31)14-21(32)26(19)33/h4-7,13-16,22,38H,3,8-12H2,1-2H3,(H,36,39). The zero-order valence-corrected chi connectivity index (χ0v) is 22.6. The molecule has 1 unspecified atom stereocenters. The molecule has 8 nitrogen and oxygen atoms in total. The molecule has 1 amide bonds. The largest absolute Gasteiger partial charge is 0.494 e. The number of halogens is 3. The quantitative estimate of drug-likeness (QED) is 0.270. The van der Waals surface area contributed by atoms with Gasteiger partial charge in [0, 0.05) is 42.9 Å². The molecule has 2 aromatic carbocycles. The van der Waals surface area contributed by atoms with Crippen LogP contribution < -0.4 is 19.7 Å². The molecular weight excluding hydrogens is 537 g/mol. The van der Waals surface area contributed by atoms with Gasteiger partial charge in [-0.05, 0) is 18.6 Å². The molecule has 1 aliphatic heterocycles. The van der Waals surface area contributed by atoms with Gasteiger partial charge in [-0.2, -0.15) is 0 Å². The summed E-state index contributed by atoms with van der Waals surface area (Å²) < 4.78 is 54.7. The van der Waals surface area contributed by atoms with Crippen LogP contribution in [0, 0.1) is 17.5 Å². The van der Waals surface area contributed by atoms with Crippen LogP contribution in [0.5, 0.6) is 11.5 Å². The zero-order chi connectivity index (χ0) is 29.1. The second kappa shape index (κ2) is 12.0. The number of pyridine rings is 2. The first-order chi connectivity index (χ1) is 19.9. The summed E-state index contributed by atoms with van der Waals surface area (Å²) in [5.41, 5.74) is 1.23. The number of fused-ring (bicyclic) bond motifs is 2. The number of benzene rings is 2. The zero-order valence-electron chi connectivity index (χ0n) is 22.6. The van der Waals surface area contributed by atoms with Crippen LogP contribution >= 0.6 is 0 Å². The lowest BCUT2D eigenvalue weighted by molar-refractivity contribution is 0.0925. The Kier molecular flexibility index (Phi) is 8.25. The van der Waals surface area contributed by atoms with E-state index in [0.717, 1.165) is 11.6 Å². The van der Waals surface area contributed by atoms with Crippen LogP contribution in [-0.4, -0.2) is 54.4 Å². The van der Waals surface area contributed by atoms with Gasteiger partial charge in [-0.3, -0.25) is 9.78 Å². The van der Waals surface area contributed by atoms with Crippen LogP contribution in [0.4, 0.5) is 18.9 Å². The molecule has 0 radical (unpaired) electrons. The van der Waals surface area contributed by atoms with Gasteiger partial charge in [-0.25, -0.2) is 18.2 Å². The second-order valence-electron chi connectivity index (χ2n) is 9.58. The fourth-order valence-corrected chi connectivity index (χ4v) is 5.19. The summed E-state index contributed by atoms with van der Waals surface area (Å²) in [5, 5.41) is 12.9. The van der Waals surface area contributed by atoms with E-state index in [2.05, 4.69) is 15.3 Å². The summed E-state index contributed by atoms with van der Waals surface area (Å²) in [6.07, 6.45) is 3.85. The van der Waals surface area contributed by atoms with Crippen molar-refractivity contribution in [1.82, 2.24) is 15.3 Å². The molecule has 41 heavy (non-hydrogen) atoms. The fraction of sp³-hybridized carbons (Fsp3) is 0.300. The summed E-state index contributed by atoms with van der Waals surface area (Å²) in [6, 6.07) is 8.45. The van der Waals surface area contributed by atoms with Gasteiger partial charge in [0.05, 0.1) is 49.4 Å². The number of aliphatic hydroxyl groups is 1. The number of nitrogens with one attached hydrogen (secondary N) is 1. The number of methoxy groups -OCH3 is 1. The van der Waals surface area contributed by atoms with Gasteiger partial charge >= 0.3 is 0 Å². The number of aliphatic hydroxyl groups excluding tert-OH is 1. The van der Waals surface area contributed by atoms with E-state index in [1.54, 1.807) is 4.90 Å². The lowest BCUT2D eigenvalue weighted by Gasteiger charge is -2.29. The molecule has 0 spiro atoms. The van der Waals surface area contributed by atoms with E-state index in [-0.39, 0.29) is 47.1 Å². The number of rotatable bonds is 9. The van der Waals surface area contributed by atoms with Crippen molar-refractivity contribution in [2.24, 2.45) is 0 Å². The van der Waals surface area contributed by atoms with Crippen molar-refractivity contribution in [2.45, 2.75) is 25.8 Å². The molecule has 0 bridgehead atoms. The van der Waals surface area contributed by atoms with Crippen LogP contribution in [0.2, 0.25) is 0 Å². The number of aromatic nitrogens is 2. The third-order valence-corrected chi connectivity index (χ3v) is 6.99. The number of amides is 1. The van der Waals surface area contributed by atoms with Crippen molar-refractivity contribution in [1.29, 1.82) is 0 Å². The van der Waals surface area contributed by atoms with Crippen LogP contribution in [0.1, 0.15) is 41.7 Å². The number of hydrogen-bond donors (Lipinski definition) is 2. The Hall–Kier alpha value is -4.38. The Labute approximate surface area is 234 Å². The topological polar surface area (TPSA) is 96.8 Å². The first-order valence-corrected chi connectivity index (χ1v) is 13.3. The maximum absolute atomic E-state index is 15.0. The van der Waals surface area contributed by atoms with E-state index in [9.17, 15) is 18.7 Å². The molecule has 0 saturated heterocycles. The minimum Gasteiger partial charge on any atom is -0.494 e. The number of ether oxygens (including phenoxy) is 2. The van der Waals surface area contributed by atoms with Crippen molar-refractivity contribution in [3.63, 3.8) is 0 Å². The minimum atomic E-state index is -1.37. The summed E-state index contributed by atoms with van der Waals surface area (Å²) in [4.78, 5) is 24.6. The Balaban J connectivity index is 1.71. The third-order valence-electron chi connectivity index (χ3n) is 6.99. The monoisotopic (exact) mass is 566 g/mol. The first kappa shape index (κ1) is 28.2. The van der Waals surface area contributed by atoms with Gasteiger partial charge in [0.1, 0.15) is 28.3 Å². The highest BCUT2D eigenvalue weighted by atomic mass is 19.2.